The second kappa shape index (κ2) is 10.9. The van der Waals surface area contributed by atoms with Crippen molar-refractivity contribution in [2.24, 2.45) is 5.92 Å². The molecule has 0 saturated carbocycles. The second-order valence-corrected chi connectivity index (χ2v) is 10.2. The molecule has 9 heteroatoms. The molecule has 1 aromatic heterocycles. The Hall–Kier alpha value is -3.14. The SMILES string of the molecule is COCCN1C[C@@H]2C[C@H](C1)C(=O)Nc1cccc(c1)SNc1nc(cc(-c3c(C)cccc3C)n1)O2. The first-order chi connectivity index (χ1) is 17.5. The maximum atomic E-state index is 13.2. The van der Waals surface area contributed by atoms with Gasteiger partial charge in [0.15, 0.2) is 0 Å². The van der Waals surface area contributed by atoms with Crippen LogP contribution in [0.1, 0.15) is 17.5 Å². The van der Waals surface area contributed by atoms with Gasteiger partial charge in [0.25, 0.3) is 0 Å². The summed E-state index contributed by atoms with van der Waals surface area (Å²) in [7, 11) is 1.69. The Bertz CT molecular complexity index is 1230. The van der Waals surface area contributed by atoms with Crippen LogP contribution in [0.3, 0.4) is 0 Å². The number of benzene rings is 2. The van der Waals surface area contributed by atoms with Crippen LogP contribution in [0, 0.1) is 19.8 Å². The highest BCUT2D eigenvalue weighted by molar-refractivity contribution is 8.00. The lowest BCUT2D eigenvalue weighted by Crippen LogP contribution is -2.49. The van der Waals surface area contributed by atoms with Crippen LogP contribution in [0.2, 0.25) is 0 Å². The third kappa shape index (κ3) is 5.64. The number of methoxy groups -OCH3 is 1. The molecule has 2 aromatic carbocycles. The molecule has 1 fully saturated rings. The van der Waals surface area contributed by atoms with Crippen molar-refractivity contribution in [1.82, 2.24) is 14.9 Å². The lowest BCUT2D eigenvalue weighted by Gasteiger charge is -2.36. The number of rotatable bonds is 4. The number of carbonyl (C=O) groups is 1. The van der Waals surface area contributed by atoms with Gasteiger partial charge in [-0.15, -0.1) is 0 Å². The zero-order chi connectivity index (χ0) is 25.1. The first-order valence-corrected chi connectivity index (χ1v) is 13.0. The van der Waals surface area contributed by atoms with Crippen LogP contribution in [0.5, 0.6) is 5.88 Å². The van der Waals surface area contributed by atoms with Gasteiger partial charge in [0, 0.05) is 49.0 Å². The summed E-state index contributed by atoms with van der Waals surface area (Å²) in [5, 5.41) is 3.09. The minimum atomic E-state index is -0.211. The van der Waals surface area contributed by atoms with E-state index in [4.69, 9.17) is 19.4 Å². The molecular formula is C27H31N5O3S. The van der Waals surface area contributed by atoms with E-state index < -0.39 is 0 Å². The first kappa shape index (κ1) is 24.5. The zero-order valence-electron chi connectivity index (χ0n) is 20.8. The minimum absolute atomic E-state index is 0.00233. The number of carbonyl (C=O) groups excluding carboxylic acids is 1. The number of piperidine rings is 1. The molecule has 3 heterocycles. The van der Waals surface area contributed by atoms with E-state index in [2.05, 4.69) is 47.0 Å². The molecule has 188 valence electrons. The maximum absolute atomic E-state index is 13.2. The van der Waals surface area contributed by atoms with Gasteiger partial charge in [0.2, 0.25) is 17.7 Å². The molecule has 0 unspecified atom stereocenters. The van der Waals surface area contributed by atoms with Crippen molar-refractivity contribution >= 4 is 29.5 Å². The number of anilines is 2. The topological polar surface area (TPSA) is 88.6 Å². The lowest BCUT2D eigenvalue weighted by molar-refractivity contribution is -0.123. The van der Waals surface area contributed by atoms with Gasteiger partial charge in [-0.1, -0.05) is 24.3 Å². The first-order valence-electron chi connectivity index (χ1n) is 12.2. The summed E-state index contributed by atoms with van der Waals surface area (Å²) < 4.78 is 15.0. The summed E-state index contributed by atoms with van der Waals surface area (Å²) in [5.74, 6) is 0.759. The van der Waals surface area contributed by atoms with E-state index >= 15 is 0 Å². The number of likely N-dealkylation sites (tertiary alicyclic amines) is 1. The van der Waals surface area contributed by atoms with Crippen molar-refractivity contribution in [3.8, 4) is 17.1 Å². The molecule has 36 heavy (non-hydrogen) atoms. The molecule has 6 bridgehead atoms. The number of amides is 1. The van der Waals surface area contributed by atoms with Crippen LogP contribution in [0.25, 0.3) is 11.3 Å². The predicted molar refractivity (Wildman–Crippen MR) is 142 cm³/mol. The summed E-state index contributed by atoms with van der Waals surface area (Å²) in [6.07, 6.45) is 0.414. The Balaban J connectivity index is 1.55. The quantitative estimate of drug-likeness (QED) is 0.500. The fraction of sp³-hybridized carbons (Fsp3) is 0.370. The molecule has 5 rings (SSSR count). The van der Waals surface area contributed by atoms with Gasteiger partial charge in [-0.25, -0.2) is 4.98 Å². The average molecular weight is 506 g/mol. The monoisotopic (exact) mass is 505 g/mol. The maximum Gasteiger partial charge on any atom is 0.237 e. The molecule has 2 aliphatic heterocycles. The van der Waals surface area contributed by atoms with Gasteiger partial charge in [-0.2, -0.15) is 4.98 Å². The summed E-state index contributed by atoms with van der Waals surface area (Å²) in [6.45, 7) is 6.86. The highest BCUT2D eigenvalue weighted by atomic mass is 32.2. The van der Waals surface area contributed by atoms with Gasteiger partial charge >= 0.3 is 0 Å². The smallest absolute Gasteiger partial charge is 0.237 e. The Morgan fingerprint density at radius 1 is 1.11 bits per heavy atom. The van der Waals surface area contributed by atoms with Crippen LogP contribution < -0.4 is 14.8 Å². The molecule has 1 amide bonds. The normalized spacial score (nSPS) is 20.0. The Kier molecular flexibility index (Phi) is 7.41. The number of ether oxygens (including phenoxy) is 2. The highest BCUT2D eigenvalue weighted by Gasteiger charge is 2.33. The second-order valence-electron chi connectivity index (χ2n) is 9.33. The van der Waals surface area contributed by atoms with Crippen LogP contribution in [0.15, 0.2) is 53.4 Å². The van der Waals surface area contributed by atoms with E-state index in [-0.39, 0.29) is 17.9 Å². The van der Waals surface area contributed by atoms with Crippen molar-refractivity contribution in [1.29, 1.82) is 0 Å². The van der Waals surface area contributed by atoms with Crippen molar-refractivity contribution in [2.75, 3.05) is 43.4 Å². The van der Waals surface area contributed by atoms with E-state index in [1.807, 2.05) is 30.3 Å². The molecule has 0 aliphatic carbocycles. The van der Waals surface area contributed by atoms with E-state index in [9.17, 15) is 4.79 Å². The number of hydrogen-bond donors (Lipinski definition) is 2. The molecule has 2 aliphatic rings. The lowest BCUT2D eigenvalue weighted by atomic mass is 9.94. The van der Waals surface area contributed by atoms with Crippen LogP contribution in [0.4, 0.5) is 11.6 Å². The summed E-state index contributed by atoms with van der Waals surface area (Å²) in [4.78, 5) is 25.9. The Morgan fingerprint density at radius 3 is 2.72 bits per heavy atom. The van der Waals surface area contributed by atoms with Crippen LogP contribution in [-0.4, -0.2) is 60.2 Å². The molecular weight excluding hydrogens is 474 g/mol. The predicted octanol–water partition coefficient (Wildman–Crippen LogP) is 4.55. The summed E-state index contributed by atoms with van der Waals surface area (Å²) in [5.41, 5.74) is 4.92. The van der Waals surface area contributed by atoms with Gasteiger partial charge in [0.05, 0.1) is 18.2 Å². The minimum Gasteiger partial charge on any atom is -0.473 e. The van der Waals surface area contributed by atoms with Crippen molar-refractivity contribution in [3.63, 3.8) is 0 Å². The van der Waals surface area contributed by atoms with Gasteiger partial charge in [-0.3, -0.25) is 14.4 Å². The number of aryl methyl sites for hydroxylation is 2. The third-order valence-electron chi connectivity index (χ3n) is 6.56. The standard InChI is InChI=1S/C27H31N5O3S/c1-17-6-4-7-18(2)25(17)23-14-24-30-27(29-23)31-36-22-9-5-8-20(13-22)28-26(33)19-12-21(35-24)16-32(15-19)10-11-34-3/h4-9,13-14,19,21H,10-12,15-16H2,1-3H3,(H,28,33)(H,29,30,31)/t19-,21+/m1/s1. The number of nitrogens with zero attached hydrogens (tertiary/aromatic N) is 3. The number of fused-ring (bicyclic) bond motifs is 6. The summed E-state index contributed by atoms with van der Waals surface area (Å²) in [6, 6.07) is 15.9. The number of hydrogen-bond acceptors (Lipinski definition) is 8. The molecule has 2 atom stereocenters. The summed E-state index contributed by atoms with van der Waals surface area (Å²) >= 11 is 1.40. The van der Waals surface area contributed by atoms with Crippen molar-refractivity contribution in [2.45, 2.75) is 31.3 Å². The molecule has 3 aromatic rings. The largest absolute Gasteiger partial charge is 0.473 e. The molecule has 8 nitrogen and oxygen atoms in total. The zero-order valence-corrected chi connectivity index (χ0v) is 21.6. The van der Waals surface area contributed by atoms with E-state index in [0.717, 1.165) is 39.5 Å². The molecule has 0 radical (unpaired) electrons. The van der Waals surface area contributed by atoms with Gasteiger partial charge < -0.3 is 14.8 Å². The van der Waals surface area contributed by atoms with Crippen molar-refractivity contribution < 1.29 is 14.3 Å². The molecule has 0 spiro atoms. The van der Waals surface area contributed by atoms with Gasteiger partial charge in [0.1, 0.15) is 6.10 Å². The average Bonchev–Trinajstić information content (AvgIpc) is 2.86. The highest BCUT2D eigenvalue weighted by Crippen LogP contribution is 2.32. The third-order valence-corrected chi connectivity index (χ3v) is 7.33. The van der Waals surface area contributed by atoms with Crippen LogP contribution in [-0.2, 0) is 9.53 Å². The Morgan fingerprint density at radius 2 is 1.92 bits per heavy atom. The molecule has 1 saturated heterocycles. The van der Waals surface area contributed by atoms with E-state index in [1.54, 1.807) is 7.11 Å². The van der Waals surface area contributed by atoms with Crippen LogP contribution >= 0.6 is 11.9 Å². The van der Waals surface area contributed by atoms with Gasteiger partial charge in [-0.05, 0) is 61.5 Å². The van der Waals surface area contributed by atoms with E-state index in [0.29, 0.717) is 37.9 Å². The fourth-order valence-corrected chi connectivity index (χ4v) is 5.49. The number of aromatic nitrogens is 2. The fourth-order valence-electron chi connectivity index (χ4n) is 4.85. The Labute approximate surface area is 215 Å². The molecule has 2 N–H and O–H groups in total. The van der Waals surface area contributed by atoms with Crippen molar-refractivity contribution in [3.05, 3.63) is 59.7 Å². The van der Waals surface area contributed by atoms with E-state index in [1.165, 1.54) is 11.9 Å². The number of nitrogens with one attached hydrogen (secondary N) is 2.